The van der Waals surface area contributed by atoms with E-state index >= 15 is 0 Å². The predicted octanol–water partition coefficient (Wildman–Crippen LogP) is 3.49. The lowest BCUT2D eigenvalue weighted by molar-refractivity contribution is -0.125. The number of anilines is 1. The van der Waals surface area contributed by atoms with E-state index in [-0.39, 0.29) is 11.8 Å². The molecule has 0 bridgehead atoms. The zero-order valence-electron chi connectivity index (χ0n) is 17.0. The van der Waals surface area contributed by atoms with Gasteiger partial charge in [-0.3, -0.25) is 9.59 Å². The summed E-state index contributed by atoms with van der Waals surface area (Å²) in [5.41, 5.74) is 8.80. The van der Waals surface area contributed by atoms with Crippen LogP contribution < -0.4 is 11.1 Å². The van der Waals surface area contributed by atoms with Crippen molar-refractivity contribution >= 4 is 45.1 Å². The Kier molecular flexibility index (Phi) is 5.65. The van der Waals surface area contributed by atoms with Gasteiger partial charge < -0.3 is 16.0 Å². The third-order valence-corrected chi connectivity index (χ3v) is 6.67. The smallest absolute Gasteiger partial charge is 0.246 e. The van der Waals surface area contributed by atoms with Crippen LogP contribution in [0.4, 0.5) is 5.82 Å². The van der Waals surface area contributed by atoms with E-state index in [1.807, 2.05) is 25.2 Å². The van der Waals surface area contributed by atoms with E-state index < -0.39 is 6.04 Å². The summed E-state index contributed by atoms with van der Waals surface area (Å²) in [5, 5.41) is 4.00. The van der Waals surface area contributed by atoms with Crippen molar-refractivity contribution in [1.82, 2.24) is 9.88 Å². The third-order valence-electron chi connectivity index (χ3n) is 5.41. The molecule has 2 aromatic heterocycles. The van der Waals surface area contributed by atoms with Crippen LogP contribution in [0, 0.1) is 6.92 Å². The van der Waals surface area contributed by atoms with Crippen LogP contribution in [0.25, 0.3) is 16.2 Å². The molecule has 7 heteroatoms. The van der Waals surface area contributed by atoms with Gasteiger partial charge in [0.05, 0.1) is 12.6 Å². The summed E-state index contributed by atoms with van der Waals surface area (Å²) in [7, 11) is 1.81. The number of aromatic nitrogens is 1. The van der Waals surface area contributed by atoms with Gasteiger partial charge in [-0.1, -0.05) is 18.2 Å². The standard InChI is InChI=1S/C23H24N4O2S/c1-14-17-5-3-4-6-19(17)30-20(14)13-27(2)21(28)10-7-15-11-16-8-9-18(24)23(29)26-22(16)25-12-15/h3-7,10-12,18H,8-9,13,24H2,1-2H3,(H,25,26,29)/b10-7+/t18-/m0/s1. The maximum absolute atomic E-state index is 12.6. The van der Waals surface area contributed by atoms with Gasteiger partial charge in [-0.15, -0.1) is 11.3 Å². The van der Waals surface area contributed by atoms with E-state index in [4.69, 9.17) is 5.73 Å². The minimum Gasteiger partial charge on any atom is -0.337 e. The largest absolute Gasteiger partial charge is 0.337 e. The van der Waals surface area contributed by atoms with Gasteiger partial charge in [0.25, 0.3) is 0 Å². The van der Waals surface area contributed by atoms with Crippen molar-refractivity contribution in [2.45, 2.75) is 32.4 Å². The fourth-order valence-electron chi connectivity index (χ4n) is 3.54. The van der Waals surface area contributed by atoms with E-state index in [9.17, 15) is 9.59 Å². The number of nitrogens with two attached hydrogens (primary N) is 1. The Balaban J connectivity index is 1.45. The number of carbonyl (C=O) groups is 2. The van der Waals surface area contributed by atoms with Gasteiger partial charge in [0.2, 0.25) is 11.8 Å². The van der Waals surface area contributed by atoms with E-state index in [0.717, 1.165) is 11.1 Å². The molecule has 0 unspecified atom stereocenters. The molecular formula is C23H24N4O2S. The number of hydrogen-bond donors (Lipinski definition) is 2. The van der Waals surface area contributed by atoms with Gasteiger partial charge in [-0.05, 0) is 60.1 Å². The Bertz CT molecular complexity index is 1150. The Morgan fingerprint density at radius 1 is 1.40 bits per heavy atom. The first kappa shape index (κ1) is 20.3. The molecule has 3 heterocycles. The number of likely N-dealkylation sites (N-methyl/N-ethyl adjacent to an activating group) is 1. The van der Waals surface area contributed by atoms with Crippen LogP contribution in [0.15, 0.2) is 42.6 Å². The fourth-order valence-corrected chi connectivity index (χ4v) is 4.80. The molecule has 3 N–H and O–H groups in total. The molecule has 4 rings (SSSR count). The van der Waals surface area contributed by atoms with Gasteiger partial charge in [0.1, 0.15) is 5.82 Å². The number of nitrogens with zero attached hydrogens (tertiary/aromatic N) is 2. The summed E-state index contributed by atoms with van der Waals surface area (Å²) < 4.78 is 1.24. The number of rotatable bonds is 4. The molecule has 0 fully saturated rings. The van der Waals surface area contributed by atoms with Crippen LogP contribution >= 0.6 is 11.3 Å². The van der Waals surface area contributed by atoms with Crippen molar-refractivity contribution in [2.75, 3.05) is 12.4 Å². The molecule has 0 spiro atoms. The first-order valence-electron chi connectivity index (χ1n) is 9.88. The highest BCUT2D eigenvalue weighted by molar-refractivity contribution is 7.19. The summed E-state index contributed by atoms with van der Waals surface area (Å²) in [6.07, 6.45) is 6.21. The first-order chi connectivity index (χ1) is 14.4. The normalized spacial score (nSPS) is 16.4. The average Bonchev–Trinajstić information content (AvgIpc) is 2.98. The third kappa shape index (κ3) is 4.13. The van der Waals surface area contributed by atoms with E-state index in [2.05, 4.69) is 29.4 Å². The molecule has 2 amide bonds. The van der Waals surface area contributed by atoms with Gasteiger partial charge in [0, 0.05) is 28.9 Å². The number of nitrogens with one attached hydrogen (secondary N) is 1. The van der Waals surface area contributed by atoms with Gasteiger partial charge in [-0.2, -0.15) is 0 Å². The first-order valence-corrected chi connectivity index (χ1v) is 10.7. The summed E-state index contributed by atoms with van der Waals surface area (Å²) in [6, 6.07) is 9.72. The Labute approximate surface area is 179 Å². The Morgan fingerprint density at radius 3 is 3.00 bits per heavy atom. The fraction of sp³-hybridized carbons (Fsp3) is 0.261. The number of amides is 2. The van der Waals surface area contributed by atoms with Crippen molar-refractivity contribution in [3.05, 3.63) is 64.2 Å². The molecule has 3 aromatic rings. The maximum Gasteiger partial charge on any atom is 0.246 e. The lowest BCUT2D eigenvalue weighted by Gasteiger charge is -2.14. The van der Waals surface area contributed by atoms with Crippen molar-refractivity contribution in [1.29, 1.82) is 0 Å². The molecule has 1 aliphatic heterocycles. The van der Waals surface area contributed by atoms with Crippen LogP contribution in [0.3, 0.4) is 0 Å². The summed E-state index contributed by atoms with van der Waals surface area (Å²) in [4.78, 5) is 31.7. The average molecular weight is 421 g/mol. The molecule has 30 heavy (non-hydrogen) atoms. The molecule has 0 saturated heterocycles. The quantitative estimate of drug-likeness (QED) is 0.633. The van der Waals surface area contributed by atoms with Gasteiger partial charge in [0.15, 0.2) is 0 Å². The summed E-state index contributed by atoms with van der Waals surface area (Å²) in [6.45, 7) is 2.68. The maximum atomic E-state index is 12.6. The van der Waals surface area contributed by atoms with Crippen LogP contribution in [-0.4, -0.2) is 34.8 Å². The van der Waals surface area contributed by atoms with Gasteiger partial charge >= 0.3 is 0 Å². The van der Waals surface area contributed by atoms with Crippen LogP contribution in [-0.2, 0) is 22.6 Å². The molecule has 0 saturated carbocycles. The van der Waals surface area contributed by atoms with Crippen molar-refractivity contribution in [3.63, 3.8) is 0 Å². The van der Waals surface area contributed by atoms with E-state index in [1.165, 1.54) is 20.5 Å². The second-order valence-corrected chi connectivity index (χ2v) is 8.72. The zero-order chi connectivity index (χ0) is 21.3. The predicted molar refractivity (Wildman–Crippen MR) is 121 cm³/mol. The van der Waals surface area contributed by atoms with E-state index in [1.54, 1.807) is 34.6 Å². The van der Waals surface area contributed by atoms with Crippen LogP contribution in [0.5, 0.6) is 0 Å². The monoisotopic (exact) mass is 420 g/mol. The van der Waals surface area contributed by atoms with E-state index in [0.29, 0.717) is 25.2 Å². The number of aryl methyl sites for hydroxylation is 2. The van der Waals surface area contributed by atoms with Crippen molar-refractivity contribution < 1.29 is 9.59 Å². The highest BCUT2D eigenvalue weighted by Gasteiger charge is 2.21. The van der Waals surface area contributed by atoms with Crippen molar-refractivity contribution in [3.8, 4) is 0 Å². The summed E-state index contributed by atoms with van der Waals surface area (Å²) in [5.74, 6) is 0.267. The second-order valence-electron chi connectivity index (χ2n) is 7.58. The van der Waals surface area contributed by atoms with Gasteiger partial charge in [-0.25, -0.2) is 4.98 Å². The SMILES string of the molecule is Cc1c(CN(C)C(=O)/C=C/c2cnc3c(c2)CC[C@H](N)C(=O)N3)sc2ccccc12. The van der Waals surface area contributed by atoms with Crippen molar-refractivity contribution in [2.24, 2.45) is 5.73 Å². The number of pyridine rings is 1. The second kappa shape index (κ2) is 8.38. The van der Waals surface area contributed by atoms with Crippen LogP contribution in [0.1, 0.15) is 28.0 Å². The molecular weight excluding hydrogens is 396 g/mol. The molecule has 0 radical (unpaired) electrons. The highest BCUT2D eigenvalue weighted by Crippen LogP contribution is 2.31. The zero-order valence-corrected chi connectivity index (χ0v) is 17.8. The minimum absolute atomic E-state index is 0.0721. The summed E-state index contributed by atoms with van der Waals surface area (Å²) >= 11 is 1.73. The van der Waals surface area contributed by atoms with Crippen LogP contribution in [0.2, 0.25) is 0 Å². The molecule has 154 valence electrons. The Hall–Kier alpha value is -3.03. The molecule has 6 nitrogen and oxygen atoms in total. The number of benzene rings is 1. The highest BCUT2D eigenvalue weighted by atomic mass is 32.1. The molecule has 1 aliphatic rings. The molecule has 0 aliphatic carbocycles. The minimum atomic E-state index is -0.522. The number of carbonyl (C=O) groups excluding carboxylic acids is 2. The number of fused-ring (bicyclic) bond motifs is 2. The number of hydrogen-bond acceptors (Lipinski definition) is 5. The molecule has 1 atom stereocenters. The number of thiophene rings is 1. The molecule has 1 aromatic carbocycles. The lowest BCUT2D eigenvalue weighted by atomic mass is 10.1. The lowest BCUT2D eigenvalue weighted by Crippen LogP contribution is -2.34. The topological polar surface area (TPSA) is 88.3 Å². The Morgan fingerprint density at radius 2 is 2.20 bits per heavy atom.